The van der Waals surface area contributed by atoms with Crippen LogP contribution in [-0.4, -0.2) is 42.7 Å². The highest BCUT2D eigenvalue weighted by atomic mass is 32.2. The lowest BCUT2D eigenvalue weighted by atomic mass is 10.1. The molecule has 0 saturated heterocycles. The van der Waals surface area contributed by atoms with Gasteiger partial charge in [0.2, 0.25) is 0 Å². The largest absolute Gasteiger partial charge is 0.371 e. The van der Waals surface area contributed by atoms with E-state index in [0.29, 0.717) is 23.9 Å². The molecular weight excluding hydrogens is 288 g/mol. The summed E-state index contributed by atoms with van der Waals surface area (Å²) in [5.41, 5.74) is 0.609. The van der Waals surface area contributed by atoms with Gasteiger partial charge in [-0.25, -0.2) is 13.4 Å². The van der Waals surface area contributed by atoms with Crippen LogP contribution in [0.2, 0.25) is 0 Å². The van der Waals surface area contributed by atoms with Gasteiger partial charge in [-0.05, 0) is 24.5 Å². The lowest BCUT2D eigenvalue weighted by Gasteiger charge is -2.18. The van der Waals surface area contributed by atoms with Crippen molar-refractivity contribution in [3.05, 3.63) is 24.4 Å². The molecule has 2 aromatic heterocycles. The van der Waals surface area contributed by atoms with Crippen LogP contribution in [0, 0.1) is 5.92 Å². The predicted molar refractivity (Wildman–Crippen MR) is 84.0 cm³/mol. The number of nitrogens with zero attached hydrogens (tertiary/aromatic N) is 3. The van der Waals surface area contributed by atoms with E-state index >= 15 is 0 Å². The molecule has 116 valence electrons. The zero-order valence-corrected chi connectivity index (χ0v) is 13.7. The molecule has 0 aliphatic heterocycles. The van der Waals surface area contributed by atoms with Gasteiger partial charge >= 0.3 is 0 Å². The first-order valence-corrected chi connectivity index (χ1v) is 8.43. The van der Waals surface area contributed by atoms with Gasteiger partial charge in [-0.2, -0.15) is 4.31 Å². The summed E-state index contributed by atoms with van der Waals surface area (Å²) in [7, 11) is -0.303. The molecule has 0 amide bonds. The maximum absolute atomic E-state index is 12.8. The molecule has 0 saturated carbocycles. The zero-order valence-electron chi connectivity index (χ0n) is 12.9. The van der Waals surface area contributed by atoms with Crippen molar-refractivity contribution >= 4 is 21.5 Å². The minimum Gasteiger partial charge on any atom is -0.371 e. The van der Waals surface area contributed by atoms with Crippen LogP contribution in [0.4, 0.5) is 5.82 Å². The van der Waals surface area contributed by atoms with Crippen molar-refractivity contribution in [3.8, 4) is 0 Å². The Balaban J connectivity index is 2.48. The van der Waals surface area contributed by atoms with Crippen LogP contribution in [0.15, 0.2) is 29.4 Å². The minimum absolute atomic E-state index is 0.187. The molecule has 2 rings (SSSR count). The summed E-state index contributed by atoms with van der Waals surface area (Å²) in [6, 6.07) is 5.41. The van der Waals surface area contributed by atoms with Crippen LogP contribution < -0.4 is 5.32 Å². The lowest BCUT2D eigenvalue weighted by molar-refractivity contribution is 0.426. The Hall–Kier alpha value is -1.60. The van der Waals surface area contributed by atoms with Crippen LogP contribution in [0.25, 0.3) is 5.65 Å². The van der Waals surface area contributed by atoms with Gasteiger partial charge in [0, 0.05) is 26.8 Å². The number of aromatic nitrogens is 2. The molecular formula is C14H22N4O2S. The van der Waals surface area contributed by atoms with Crippen LogP contribution in [0.3, 0.4) is 0 Å². The number of pyridine rings is 1. The second-order valence-corrected chi connectivity index (χ2v) is 7.41. The predicted octanol–water partition coefficient (Wildman–Crippen LogP) is 2.04. The molecule has 0 atom stereocenters. The van der Waals surface area contributed by atoms with E-state index in [0.717, 1.165) is 6.42 Å². The standard InChI is InChI=1S/C14H22N4O2S/c1-11(2)8-10-17(4)21(19,20)14-13(15-3)16-12-7-5-6-9-18(12)14/h5-7,9,11,15H,8,10H2,1-4H3. The zero-order chi connectivity index (χ0) is 15.6. The molecule has 21 heavy (non-hydrogen) atoms. The van der Waals surface area contributed by atoms with Crippen LogP contribution in [-0.2, 0) is 10.0 Å². The first-order valence-electron chi connectivity index (χ1n) is 6.99. The average molecular weight is 310 g/mol. The van der Waals surface area contributed by atoms with Crippen LogP contribution in [0.5, 0.6) is 0 Å². The third kappa shape index (κ3) is 3.03. The van der Waals surface area contributed by atoms with E-state index in [9.17, 15) is 8.42 Å². The maximum atomic E-state index is 12.8. The number of nitrogens with one attached hydrogen (secondary N) is 1. The lowest BCUT2D eigenvalue weighted by Crippen LogP contribution is -2.30. The Morgan fingerprint density at radius 3 is 2.71 bits per heavy atom. The second kappa shape index (κ2) is 6.03. The second-order valence-electron chi connectivity index (χ2n) is 5.45. The van der Waals surface area contributed by atoms with Crippen LogP contribution in [0.1, 0.15) is 20.3 Å². The van der Waals surface area contributed by atoms with E-state index in [-0.39, 0.29) is 5.03 Å². The molecule has 0 spiro atoms. The van der Waals surface area contributed by atoms with Crippen molar-refractivity contribution in [3.63, 3.8) is 0 Å². The number of rotatable bonds is 6. The first-order chi connectivity index (χ1) is 9.87. The van der Waals surface area contributed by atoms with E-state index in [1.165, 1.54) is 4.31 Å². The monoisotopic (exact) mass is 310 g/mol. The van der Waals surface area contributed by atoms with Gasteiger partial charge in [0.15, 0.2) is 10.8 Å². The summed E-state index contributed by atoms with van der Waals surface area (Å²) < 4.78 is 28.6. The fourth-order valence-electron chi connectivity index (χ4n) is 2.09. The number of imidazole rings is 1. The average Bonchev–Trinajstić information content (AvgIpc) is 2.83. The smallest absolute Gasteiger partial charge is 0.262 e. The van der Waals surface area contributed by atoms with Crippen molar-refractivity contribution in [1.29, 1.82) is 0 Å². The molecule has 0 radical (unpaired) electrons. The third-order valence-electron chi connectivity index (χ3n) is 3.40. The number of fused-ring (bicyclic) bond motifs is 1. The topological polar surface area (TPSA) is 66.7 Å². The van der Waals surface area contributed by atoms with Gasteiger partial charge in [-0.1, -0.05) is 19.9 Å². The van der Waals surface area contributed by atoms with Crippen molar-refractivity contribution in [2.75, 3.05) is 26.0 Å². The molecule has 0 unspecified atom stereocenters. The van der Waals surface area contributed by atoms with Crippen molar-refractivity contribution in [1.82, 2.24) is 13.7 Å². The SMILES string of the molecule is CNc1nc2ccccn2c1S(=O)(=O)N(C)CCC(C)C. The summed E-state index contributed by atoms with van der Waals surface area (Å²) in [6.45, 7) is 4.64. The van der Waals surface area contributed by atoms with Gasteiger partial charge in [0.05, 0.1) is 0 Å². The summed E-state index contributed by atoms with van der Waals surface area (Å²) in [5, 5.41) is 3.06. The first kappa shape index (κ1) is 15.8. The normalized spacial score (nSPS) is 12.5. The van der Waals surface area contributed by atoms with Crippen molar-refractivity contribution < 1.29 is 8.42 Å². The summed E-state index contributed by atoms with van der Waals surface area (Å²) >= 11 is 0. The van der Waals surface area contributed by atoms with E-state index < -0.39 is 10.0 Å². The Morgan fingerprint density at radius 1 is 1.38 bits per heavy atom. The number of hydrogen-bond donors (Lipinski definition) is 1. The van der Waals surface area contributed by atoms with Crippen LogP contribution >= 0.6 is 0 Å². The molecule has 2 heterocycles. The minimum atomic E-state index is -3.59. The molecule has 0 aromatic carbocycles. The fourth-order valence-corrected chi connectivity index (χ4v) is 3.53. The van der Waals surface area contributed by atoms with Gasteiger partial charge < -0.3 is 5.32 Å². The Bertz CT molecular complexity index is 722. The summed E-state index contributed by atoms with van der Waals surface area (Å²) in [5.74, 6) is 0.825. The molecule has 0 aliphatic rings. The molecule has 2 aromatic rings. The van der Waals surface area contributed by atoms with Gasteiger partial charge in [0.25, 0.3) is 10.0 Å². The van der Waals surface area contributed by atoms with Gasteiger partial charge in [-0.15, -0.1) is 0 Å². The Labute approximate surface area is 125 Å². The van der Waals surface area contributed by atoms with E-state index in [1.807, 2.05) is 6.07 Å². The number of hydrogen-bond acceptors (Lipinski definition) is 4. The molecule has 0 aliphatic carbocycles. The van der Waals surface area contributed by atoms with E-state index in [4.69, 9.17) is 0 Å². The van der Waals surface area contributed by atoms with E-state index in [2.05, 4.69) is 24.1 Å². The molecule has 0 fully saturated rings. The molecule has 6 nitrogen and oxygen atoms in total. The number of anilines is 1. The quantitative estimate of drug-likeness (QED) is 0.886. The van der Waals surface area contributed by atoms with Crippen molar-refractivity contribution in [2.24, 2.45) is 5.92 Å². The fraction of sp³-hybridized carbons (Fsp3) is 0.500. The Morgan fingerprint density at radius 2 is 2.10 bits per heavy atom. The third-order valence-corrected chi connectivity index (χ3v) is 5.28. The van der Waals surface area contributed by atoms with Gasteiger partial charge in [-0.3, -0.25) is 4.40 Å². The molecule has 0 bridgehead atoms. The molecule has 7 heteroatoms. The highest BCUT2D eigenvalue weighted by Gasteiger charge is 2.28. The van der Waals surface area contributed by atoms with Gasteiger partial charge in [0.1, 0.15) is 5.65 Å². The highest BCUT2D eigenvalue weighted by molar-refractivity contribution is 7.89. The van der Waals surface area contributed by atoms with E-state index in [1.54, 1.807) is 36.8 Å². The summed E-state index contributed by atoms with van der Waals surface area (Å²) in [6.07, 6.45) is 2.54. The van der Waals surface area contributed by atoms with Crippen molar-refractivity contribution in [2.45, 2.75) is 25.3 Å². The summed E-state index contributed by atoms with van der Waals surface area (Å²) in [4.78, 5) is 4.32. The maximum Gasteiger partial charge on any atom is 0.262 e. The number of sulfonamides is 1. The molecule has 1 N–H and O–H groups in total. The highest BCUT2D eigenvalue weighted by Crippen LogP contribution is 2.25. The Kier molecular flexibility index (Phi) is 4.53.